The minimum atomic E-state index is -0.398. The number of halogens is 1. The molecule has 3 aromatic carbocycles. The molecule has 0 saturated carbocycles. The van der Waals surface area contributed by atoms with E-state index in [4.69, 9.17) is 4.42 Å². The highest BCUT2D eigenvalue weighted by Gasteiger charge is 2.11. The van der Waals surface area contributed by atoms with E-state index < -0.39 is 5.63 Å². The summed E-state index contributed by atoms with van der Waals surface area (Å²) >= 11 is 3.51. The normalized spacial score (nSPS) is 10.9. The molecule has 0 aliphatic heterocycles. The molecule has 122 valence electrons. The Morgan fingerprint density at radius 3 is 2.60 bits per heavy atom. The van der Waals surface area contributed by atoms with Crippen molar-refractivity contribution >= 4 is 49.3 Å². The average Bonchev–Trinajstić information content (AvgIpc) is 2.62. The van der Waals surface area contributed by atoms with Crippen molar-refractivity contribution in [1.82, 2.24) is 0 Å². The number of hydrogen-bond acceptors (Lipinski definition) is 3. The summed E-state index contributed by atoms with van der Waals surface area (Å²) in [5.41, 5.74) is 1.32. The van der Waals surface area contributed by atoms with Crippen LogP contribution >= 0.6 is 15.9 Å². The van der Waals surface area contributed by atoms with Crippen LogP contribution in [0.1, 0.15) is 10.4 Å². The summed E-state index contributed by atoms with van der Waals surface area (Å²) in [6, 6.07) is 19.6. The van der Waals surface area contributed by atoms with Crippen LogP contribution in [-0.2, 0) is 0 Å². The van der Waals surface area contributed by atoms with E-state index in [9.17, 15) is 9.59 Å². The van der Waals surface area contributed by atoms with Crippen molar-refractivity contribution in [2.45, 2.75) is 0 Å². The third-order valence-electron chi connectivity index (χ3n) is 3.99. The van der Waals surface area contributed by atoms with Crippen LogP contribution in [-0.4, -0.2) is 5.91 Å². The van der Waals surface area contributed by atoms with Gasteiger partial charge in [0.15, 0.2) is 0 Å². The summed E-state index contributed by atoms with van der Waals surface area (Å²) in [5.74, 6) is -0.194. The first-order valence-electron chi connectivity index (χ1n) is 7.64. The molecular weight excluding hydrogens is 382 g/mol. The van der Waals surface area contributed by atoms with Crippen molar-refractivity contribution in [2.24, 2.45) is 0 Å². The maximum Gasteiger partial charge on any atom is 0.336 e. The highest BCUT2D eigenvalue weighted by molar-refractivity contribution is 9.10. The van der Waals surface area contributed by atoms with Gasteiger partial charge < -0.3 is 9.73 Å². The lowest BCUT2D eigenvalue weighted by molar-refractivity contribution is 0.102. The number of carbonyl (C=O) groups is 1. The van der Waals surface area contributed by atoms with Gasteiger partial charge in [-0.2, -0.15) is 0 Å². The molecule has 0 saturated heterocycles. The van der Waals surface area contributed by atoms with Crippen molar-refractivity contribution in [1.29, 1.82) is 0 Å². The first-order valence-corrected chi connectivity index (χ1v) is 8.44. The van der Waals surface area contributed by atoms with Crippen LogP contribution in [0.3, 0.4) is 0 Å². The highest BCUT2D eigenvalue weighted by atomic mass is 79.9. The van der Waals surface area contributed by atoms with Gasteiger partial charge in [0.2, 0.25) is 0 Å². The maximum atomic E-state index is 12.7. The Bertz CT molecular complexity index is 1180. The zero-order chi connectivity index (χ0) is 17.4. The molecule has 0 spiro atoms. The second-order valence-electron chi connectivity index (χ2n) is 5.60. The predicted octanol–water partition coefficient (Wildman–Crippen LogP) is 4.96. The van der Waals surface area contributed by atoms with E-state index in [2.05, 4.69) is 21.2 Å². The summed E-state index contributed by atoms with van der Waals surface area (Å²) in [4.78, 5) is 24.0. The third-order valence-corrected chi connectivity index (χ3v) is 4.68. The molecule has 0 fully saturated rings. The molecule has 1 heterocycles. The van der Waals surface area contributed by atoms with Crippen LogP contribution in [0.4, 0.5) is 5.69 Å². The lowest BCUT2D eigenvalue weighted by Crippen LogP contribution is -2.12. The van der Waals surface area contributed by atoms with Gasteiger partial charge in [-0.15, -0.1) is 0 Å². The zero-order valence-corrected chi connectivity index (χ0v) is 14.5. The zero-order valence-electron chi connectivity index (χ0n) is 13.0. The van der Waals surface area contributed by atoms with Gasteiger partial charge in [0, 0.05) is 27.2 Å². The van der Waals surface area contributed by atoms with Gasteiger partial charge in [-0.3, -0.25) is 4.79 Å². The number of benzene rings is 3. The Morgan fingerprint density at radius 2 is 1.72 bits per heavy atom. The van der Waals surface area contributed by atoms with E-state index in [1.54, 1.807) is 30.3 Å². The molecule has 0 radical (unpaired) electrons. The largest absolute Gasteiger partial charge is 0.423 e. The van der Waals surface area contributed by atoms with Crippen molar-refractivity contribution in [2.75, 3.05) is 5.32 Å². The minimum absolute atomic E-state index is 0.194. The van der Waals surface area contributed by atoms with Gasteiger partial charge in [-0.05, 0) is 47.2 Å². The Morgan fingerprint density at radius 1 is 0.920 bits per heavy atom. The topological polar surface area (TPSA) is 59.3 Å². The van der Waals surface area contributed by atoms with Crippen LogP contribution in [0.25, 0.3) is 21.7 Å². The fraction of sp³-hybridized carbons (Fsp3) is 0. The molecule has 4 rings (SSSR count). The van der Waals surface area contributed by atoms with Crippen LogP contribution in [0.15, 0.2) is 80.4 Å². The molecule has 4 nitrogen and oxygen atoms in total. The van der Waals surface area contributed by atoms with Gasteiger partial charge in [0.25, 0.3) is 5.91 Å². The number of carbonyl (C=O) groups excluding carboxylic acids is 1. The number of nitrogens with one attached hydrogen (secondary N) is 1. The van der Waals surface area contributed by atoms with Crippen LogP contribution in [0, 0.1) is 0 Å². The number of anilines is 1. The van der Waals surface area contributed by atoms with Gasteiger partial charge >= 0.3 is 5.63 Å². The number of fused-ring (bicyclic) bond motifs is 2. The van der Waals surface area contributed by atoms with Crippen LogP contribution < -0.4 is 10.9 Å². The second kappa shape index (κ2) is 6.18. The Hall–Kier alpha value is -2.92. The molecule has 1 amide bonds. The fourth-order valence-corrected chi connectivity index (χ4v) is 3.32. The van der Waals surface area contributed by atoms with E-state index in [-0.39, 0.29) is 5.91 Å². The van der Waals surface area contributed by atoms with E-state index in [0.29, 0.717) is 16.8 Å². The first kappa shape index (κ1) is 15.6. The highest BCUT2D eigenvalue weighted by Crippen LogP contribution is 2.27. The summed E-state index contributed by atoms with van der Waals surface area (Å²) < 4.78 is 6.05. The van der Waals surface area contributed by atoms with Crippen molar-refractivity contribution in [3.8, 4) is 0 Å². The van der Waals surface area contributed by atoms with Crippen molar-refractivity contribution < 1.29 is 9.21 Å². The summed E-state index contributed by atoms with van der Waals surface area (Å²) in [5, 5.41) is 5.51. The monoisotopic (exact) mass is 393 g/mol. The lowest BCUT2D eigenvalue weighted by atomic mass is 10.0. The molecular formula is C20H12BrNO3. The summed E-state index contributed by atoms with van der Waals surface area (Å²) in [6.45, 7) is 0. The Kier molecular flexibility index (Phi) is 3.86. The number of hydrogen-bond donors (Lipinski definition) is 1. The molecule has 4 aromatic rings. The molecule has 0 aliphatic rings. The standard InChI is InChI=1S/C20H12BrNO3/c21-17-6-2-3-14-15(17)4-1-5-16(14)20(24)22-13-8-9-18-12(11-13)7-10-19(23)25-18/h1-11H,(H,22,24). The molecule has 0 bridgehead atoms. The molecule has 25 heavy (non-hydrogen) atoms. The van der Waals surface area contributed by atoms with E-state index in [1.807, 2.05) is 30.3 Å². The molecule has 0 unspecified atom stereocenters. The van der Waals surface area contributed by atoms with E-state index in [0.717, 1.165) is 20.6 Å². The lowest BCUT2D eigenvalue weighted by Gasteiger charge is -2.09. The molecule has 1 aromatic heterocycles. The predicted molar refractivity (Wildman–Crippen MR) is 102 cm³/mol. The van der Waals surface area contributed by atoms with Crippen molar-refractivity contribution in [3.63, 3.8) is 0 Å². The SMILES string of the molecule is O=C(Nc1ccc2oc(=O)ccc2c1)c1cccc2c(Br)cccc12. The molecule has 5 heteroatoms. The van der Waals surface area contributed by atoms with E-state index >= 15 is 0 Å². The minimum Gasteiger partial charge on any atom is -0.423 e. The molecule has 0 atom stereocenters. The second-order valence-corrected chi connectivity index (χ2v) is 6.46. The summed E-state index contributed by atoms with van der Waals surface area (Å²) in [6.07, 6.45) is 0. The van der Waals surface area contributed by atoms with E-state index in [1.165, 1.54) is 6.07 Å². The first-order chi connectivity index (χ1) is 12.1. The van der Waals surface area contributed by atoms with Gasteiger partial charge in [-0.1, -0.05) is 40.2 Å². The molecule has 1 N–H and O–H groups in total. The summed E-state index contributed by atoms with van der Waals surface area (Å²) in [7, 11) is 0. The fourth-order valence-electron chi connectivity index (χ4n) is 2.82. The van der Waals surface area contributed by atoms with Gasteiger partial charge in [-0.25, -0.2) is 4.79 Å². The van der Waals surface area contributed by atoms with Crippen LogP contribution in [0.2, 0.25) is 0 Å². The van der Waals surface area contributed by atoms with Crippen LogP contribution in [0.5, 0.6) is 0 Å². The molecule has 0 aliphatic carbocycles. The third kappa shape index (κ3) is 2.94. The quantitative estimate of drug-likeness (QED) is 0.489. The number of rotatable bonds is 2. The Labute approximate surface area is 151 Å². The average molecular weight is 394 g/mol. The Balaban J connectivity index is 1.72. The number of amides is 1. The van der Waals surface area contributed by atoms with Crippen molar-refractivity contribution in [3.05, 3.63) is 87.2 Å². The van der Waals surface area contributed by atoms with Gasteiger partial charge in [0.1, 0.15) is 5.58 Å². The maximum absolute atomic E-state index is 12.7. The van der Waals surface area contributed by atoms with Gasteiger partial charge in [0.05, 0.1) is 0 Å². The smallest absolute Gasteiger partial charge is 0.336 e.